The van der Waals surface area contributed by atoms with Crippen LogP contribution in [0.15, 0.2) is 0 Å². The summed E-state index contributed by atoms with van der Waals surface area (Å²) in [6.07, 6.45) is 0. The zero-order valence-corrected chi connectivity index (χ0v) is 7.87. The number of rotatable bonds is 2. The first kappa shape index (κ1) is 9.48. The number of likely N-dealkylation sites (tertiary alicyclic amines) is 1. The quantitative estimate of drug-likeness (QED) is 0.589. The number of β-amino-alcohol motifs (C(OH)–C–C–N with tert-alkyl or cyclic N) is 1. The van der Waals surface area contributed by atoms with E-state index in [0.29, 0.717) is 19.6 Å². The predicted molar refractivity (Wildman–Crippen MR) is 45.8 cm³/mol. The van der Waals surface area contributed by atoms with Gasteiger partial charge in [-0.1, -0.05) is 0 Å². The van der Waals surface area contributed by atoms with Crippen molar-refractivity contribution >= 4 is 5.91 Å². The lowest BCUT2D eigenvalue weighted by Gasteiger charge is -2.44. The molecule has 0 atom stereocenters. The molecule has 0 aromatic carbocycles. The van der Waals surface area contributed by atoms with Crippen LogP contribution in [0.3, 0.4) is 0 Å². The number of hydrogen-bond acceptors (Lipinski definition) is 3. The molecule has 1 aliphatic heterocycles. The second kappa shape index (κ2) is 3.03. The summed E-state index contributed by atoms with van der Waals surface area (Å²) in [4.78, 5) is 14.8. The minimum absolute atomic E-state index is 0.0894. The molecule has 1 heterocycles. The van der Waals surface area contributed by atoms with Crippen molar-refractivity contribution in [3.05, 3.63) is 0 Å². The molecular formula is C8H16N2O2. The van der Waals surface area contributed by atoms with Crippen LogP contribution in [0.2, 0.25) is 0 Å². The summed E-state index contributed by atoms with van der Waals surface area (Å²) in [5.41, 5.74) is -0.651. The minimum Gasteiger partial charge on any atom is -0.386 e. The van der Waals surface area contributed by atoms with Gasteiger partial charge in [0.2, 0.25) is 5.91 Å². The zero-order chi connectivity index (χ0) is 9.35. The van der Waals surface area contributed by atoms with Crippen molar-refractivity contribution < 1.29 is 9.90 Å². The van der Waals surface area contributed by atoms with Gasteiger partial charge in [0.05, 0.1) is 25.2 Å². The van der Waals surface area contributed by atoms with Gasteiger partial charge >= 0.3 is 0 Å². The van der Waals surface area contributed by atoms with Crippen LogP contribution in [0, 0.1) is 0 Å². The molecule has 12 heavy (non-hydrogen) atoms. The van der Waals surface area contributed by atoms with Crippen LogP contribution in [0.5, 0.6) is 0 Å². The van der Waals surface area contributed by atoms with Gasteiger partial charge in [-0.15, -0.1) is 0 Å². The third-order valence-electron chi connectivity index (χ3n) is 1.87. The zero-order valence-electron chi connectivity index (χ0n) is 7.87. The van der Waals surface area contributed by atoms with Crippen molar-refractivity contribution in [2.45, 2.75) is 12.5 Å². The van der Waals surface area contributed by atoms with E-state index in [0.717, 1.165) is 0 Å². The van der Waals surface area contributed by atoms with E-state index in [9.17, 15) is 9.90 Å². The molecule has 0 aliphatic carbocycles. The van der Waals surface area contributed by atoms with E-state index in [1.807, 2.05) is 19.0 Å². The molecule has 0 aromatic heterocycles. The Morgan fingerprint density at radius 3 is 2.42 bits per heavy atom. The first-order valence-electron chi connectivity index (χ1n) is 4.06. The minimum atomic E-state index is -0.651. The van der Waals surface area contributed by atoms with Gasteiger partial charge in [-0.25, -0.2) is 0 Å². The summed E-state index contributed by atoms with van der Waals surface area (Å²) in [6, 6.07) is 0. The second-order valence-corrected chi connectivity index (χ2v) is 3.98. The number of carbonyl (C=O) groups excluding carboxylic acids is 1. The maximum Gasteiger partial charge on any atom is 0.236 e. The van der Waals surface area contributed by atoms with Crippen LogP contribution in [0.25, 0.3) is 0 Å². The molecule has 0 saturated carbocycles. The van der Waals surface area contributed by atoms with E-state index in [1.165, 1.54) is 0 Å². The number of amides is 1. The summed E-state index contributed by atoms with van der Waals surface area (Å²) < 4.78 is 0. The van der Waals surface area contributed by atoms with E-state index in [-0.39, 0.29) is 5.91 Å². The Hall–Kier alpha value is -0.610. The van der Waals surface area contributed by atoms with Crippen molar-refractivity contribution in [2.24, 2.45) is 0 Å². The fourth-order valence-electron chi connectivity index (χ4n) is 1.32. The highest BCUT2D eigenvalue weighted by Gasteiger charge is 2.39. The number of hydrogen-bond donors (Lipinski definition) is 1. The van der Waals surface area contributed by atoms with Gasteiger partial charge < -0.3 is 14.9 Å². The van der Waals surface area contributed by atoms with E-state index < -0.39 is 5.60 Å². The van der Waals surface area contributed by atoms with Crippen molar-refractivity contribution in [2.75, 3.05) is 33.7 Å². The molecule has 0 radical (unpaired) electrons. The third kappa shape index (κ3) is 2.19. The number of likely N-dealkylation sites (N-methyl/N-ethyl adjacent to an activating group) is 1. The summed E-state index contributed by atoms with van der Waals surface area (Å²) in [7, 11) is 3.71. The highest BCUT2D eigenvalue weighted by atomic mass is 16.3. The van der Waals surface area contributed by atoms with Crippen LogP contribution in [0.4, 0.5) is 0 Å². The lowest BCUT2D eigenvalue weighted by molar-refractivity contribution is -0.152. The van der Waals surface area contributed by atoms with Gasteiger partial charge in [0.15, 0.2) is 0 Å². The average Bonchev–Trinajstić information content (AvgIpc) is 1.80. The molecule has 1 rings (SSSR count). The summed E-state index contributed by atoms with van der Waals surface area (Å²) in [5.74, 6) is 0.0894. The fourth-order valence-corrected chi connectivity index (χ4v) is 1.32. The molecule has 0 spiro atoms. The molecule has 0 aromatic rings. The van der Waals surface area contributed by atoms with Gasteiger partial charge in [0, 0.05) is 0 Å². The molecule has 1 amide bonds. The monoisotopic (exact) mass is 172 g/mol. The maximum atomic E-state index is 11.3. The molecule has 70 valence electrons. The molecule has 1 saturated heterocycles. The molecule has 0 unspecified atom stereocenters. The van der Waals surface area contributed by atoms with Crippen LogP contribution in [-0.4, -0.2) is 60.1 Å². The van der Waals surface area contributed by atoms with Crippen LogP contribution in [0.1, 0.15) is 6.92 Å². The standard InChI is InChI=1S/C8H16N2O2/c1-8(12)5-10(6-8)7(11)4-9(2)3/h12H,4-6H2,1-3H3. The highest BCUT2D eigenvalue weighted by Crippen LogP contribution is 2.19. The second-order valence-electron chi connectivity index (χ2n) is 3.98. The molecule has 1 N–H and O–H groups in total. The number of aliphatic hydroxyl groups is 1. The van der Waals surface area contributed by atoms with E-state index in [1.54, 1.807) is 11.8 Å². The van der Waals surface area contributed by atoms with Gasteiger partial charge in [0.1, 0.15) is 0 Å². The van der Waals surface area contributed by atoms with Gasteiger partial charge in [-0.2, -0.15) is 0 Å². The Labute approximate surface area is 72.8 Å². The number of nitrogens with zero attached hydrogens (tertiary/aromatic N) is 2. The first-order chi connectivity index (χ1) is 5.41. The topological polar surface area (TPSA) is 43.8 Å². The van der Waals surface area contributed by atoms with Crippen molar-refractivity contribution in [1.82, 2.24) is 9.80 Å². The Balaban J connectivity index is 2.29. The third-order valence-corrected chi connectivity index (χ3v) is 1.87. The van der Waals surface area contributed by atoms with Crippen LogP contribution >= 0.6 is 0 Å². The normalized spacial score (nSPS) is 20.9. The largest absolute Gasteiger partial charge is 0.386 e. The van der Waals surface area contributed by atoms with Crippen molar-refractivity contribution in [3.8, 4) is 0 Å². The molecule has 0 bridgehead atoms. The molecule has 1 fully saturated rings. The summed E-state index contributed by atoms with van der Waals surface area (Å²) in [5, 5.41) is 9.36. The lowest BCUT2D eigenvalue weighted by atomic mass is 9.97. The maximum absolute atomic E-state index is 11.3. The van der Waals surface area contributed by atoms with Gasteiger partial charge in [0.25, 0.3) is 0 Å². The highest BCUT2D eigenvalue weighted by molar-refractivity contribution is 5.79. The predicted octanol–water partition coefficient (Wildman–Crippen LogP) is -0.859. The van der Waals surface area contributed by atoms with Crippen molar-refractivity contribution in [3.63, 3.8) is 0 Å². The van der Waals surface area contributed by atoms with Crippen LogP contribution in [-0.2, 0) is 4.79 Å². The average molecular weight is 172 g/mol. The molecular weight excluding hydrogens is 156 g/mol. The fraction of sp³-hybridized carbons (Fsp3) is 0.875. The Bertz CT molecular complexity index is 181. The summed E-state index contributed by atoms with van der Waals surface area (Å²) >= 11 is 0. The van der Waals surface area contributed by atoms with Crippen molar-refractivity contribution in [1.29, 1.82) is 0 Å². The first-order valence-corrected chi connectivity index (χ1v) is 4.06. The van der Waals surface area contributed by atoms with E-state index in [2.05, 4.69) is 0 Å². The van der Waals surface area contributed by atoms with Gasteiger partial charge in [-0.3, -0.25) is 4.79 Å². The van der Waals surface area contributed by atoms with E-state index >= 15 is 0 Å². The smallest absolute Gasteiger partial charge is 0.236 e. The Morgan fingerprint density at radius 2 is 2.08 bits per heavy atom. The summed E-state index contributed by atoms with van der Waals surface area (Å²) in [6.45, 7) is 3.11. The molecule has 4 nitrogen and oxygen atoms in total. The number of carbonyl (C=O) groups is 1. The van der Waals surface area contributed by atoms with Crippen LogP contribution < -0.4 is 0 Å². The van der Waals surface area contributed by atoms with E-state index in [4.69, 9.17) is 0 Å². The molecule has 4 heteroatoms. The Kier molecular flexibility index (Phi) is 2.39. The van der Waals surface area contributed by atoms with Gasteiger partial charge in [-0.05, 0) is 21.0 Å². The lowest BCUT2D eigenvalue weighted by Crippen LogP contribution is -2.62. The SMILES string of the molecule is CN(C)CC(=O)N1CC(C)(O)C1. The Morgan fingerprint density at radius 1 is 1.58 bits per heavy atom. The molecule has 1 aliphatic rings.